The highest BCUT2D eigenvalue weighted by Crippen LogP contribution is 2.42. The maximum absolute atomic E-state index is 12.9. The van der Waals surface area contributed by atoms with E-state index in [0.29, 0.717) is 5.92 Å². The Labute approximate surface area is 189 Å². The lowest BCUT2D eigenvalue weighted by Crippen LogP contribution is -2.25. The Bertz CT molecular complexity index is 738. The van der Waals surface area contributed by atoms with Crippen molar-refractivity contribution in [3.63, 3.8) is 0 Å². The molecule has 1 aromatic carbocycles. The summed E-state index contributed by atoms with van der Waals surface area (Å²) in [5.41, 5.74) is 2.94. The van der Waals surface area contributed by atoms with Crippen LogP contribution in [0.5, 0.6) is 0 Å². The van der Waals surface area contributed by atoms with E-state index in [1.807, 2.05) is 0 Å². The first kappa shape index (κ1) is 23.8. The van der Waals surface area contributed by atoms with Crippen LogP contribution in [-0.4, -0.2) is 0 Å². The summed E-state index contributed by atoms with van der Waals surface area (Å²) in [6, 6.07) is 10.7. The molecule has 2 fully saturated rings. The van der Waals surface area contributed by atoms with E-state index in [9.17, 15) is 4.39 Å². The molecule has 2 aliphatic carbocycles. The summed E-state index contributed by atoms with van der Waals surface area (Å²) in [5.74, 6) is 2.66. The second-order valence-electron chi connectivity index (χ2n) is 9.88. The van der Waals surface area contributed by atoms with Crippen LogP contribution in [0.1, 0.15) is 88.7 Å². The zero-order valence-corrected chi connectivity index (χ0v) is 19.4. The van der Waals surface area contributed by atoms with Crippen LogP contribution >= 0.6 is 0 Å². The Hall–Kier alpha value is -1.88. The quantitative estimate of drug-likeness (QED) is 0.223. The van der Waals surface area contributed by atoms with Crippen molar-refractivity contribution in [1.82, 2.24) is 0 Å². The van der Waals surface area contributed by atoms with E-state index in [-0.39, 0.29) is 0 Å². The molecule has 0 saturated heterocycles. The van der Waals surface area contributed by atoms with E-state index < -0.39 is 5.83 Å². The number of hydrogen-bond donors (Lipinski definition) is 0. The molecule has 0 spiro atoms. The number of nitrogens with zero attached hydrogens (tertiary/aromatic N) is 1. The van der Waals surface area contributed by atoms with Crippen LogP contribution < -0.4 is 0 Å². The largest absolute Gasteiger partial charge is 0.199 e. The molecule has 1 aromatic rings. The van der Waals surface area contributed by atoms with Crippen molar-refractivity contribution in [2.75, 3.05) is 0 Å². The van der Waals surface area contributed by atoms with E-state index in [1.165, 1.54) is 100 Å². The fourth-order valence-corrected chi connectivity index (χ4v) is 5.80. The van der Waals surface area contributed by atoms with Crippen molar-refractivity contribution in [2.45, 2.75) is 90.4 Å². The van der Waals surface area contributed by atoms with Gasteiger partial charge in [0.25, 0.3) is 0 Å². The lowest BCUT2D eigenvalue weighted by molar-refractivity contribution is 0.151. The third-order valence-electron chi connectivity index (χ3n) is 7.87. The van der Waals surface area contributed by atoms with Crippen molar-refractivity contribution in [2.24, 2.45) is 23.7 Å². The standard InChI is InChI=1S/C29H40FN/c1-2-23-10-12-24(13-11-23)6-3-4-7-25-14-18-27(19-15-25)28-20-16-26(17-21-28)8-5-9-29(30)22-31/h5,8-13,25-28H,2-4,6-7,14-21H2,1H3/b8-5+,29-9-/t25-,26?,27-,28?. The van der Waals surface area contributed by atoms with Gasteiger partial charge in [-0.25, -0.2) is 0 Å². The smallest absolute Gasteiger partial charge is 0.195 e. The molecule has 0 radical (unpaired) electrons. The van der Waals surface area contributed by atoms with Crippen molar-refractivity contribution < 1.29 is 4.39 Å². The molecule has 168 valence electrons. The Morgan fingerprint density at radius 3 is 2.16 bits per heavy atom. The van der Waals surface area contributed by atoms with Crippen molar-refractivity contribution in [3.8, 4) is 6.07 Å². The van der Waals surface area contributed by atoms with Gasteiger partial charge in [0.05, 0.1) is 0 Å². The van der Waals surface area contributed by atoms with E-state index in [1.54, 1.807) is 6.08 Å². The average Bonchev–Trinajstić information content (AvgIpc) is 2.83. The topological polar surface area (TPSA) is 23.8 Å². The SMILES string of the molecule is CCc1ccc(CCCC[C@H]2CC[C@H](C3CCC(/C=C/C=C(\F)C#N)CC3)CC2)cc1. The van der Waals surface area contributed by atoms with Gasteiger partial charge in [0, 0.05) is 0 Å². The molecule has 0 atom stereocenters. The number of nitriles is 1. The number of allylic oxidation sites excluding steroid dienone is 4. The minimum absolute atomic E-state index is 0.563. The highest BCUT2D eigenvalue weighted by atomic mass is 19.1. The summed E-state index contributed by atoms with van der Waals surface area (Å²) in [7, 11) is 0. The van der Waals surface area contributed by atoms with Crippen LogP contribution in [0.25, 0.3) is 0 Å². The van der Waals surface area contributed by atoms with Crippen LogP contribution in [0.2, 0.25) is 0 Å². The molecular weight excluding hydrogens is 381 g/mol. The third-order valence-corrected chi connectivity index (χ3v) is 7.87. The van der Waals surface area contributed by atoms with E-state index >= 15 is 0 Å². The minimum Gasteiger partial charge on any atom is -0.195 e. The third kappa shape index (κ3) is 7.95. The first-order valence-corrected chi connectivity index (χ1v) is 12.7. The first-order valence-electron chi connectivity index (χ1n) is 12.7. The zero-order chi connectivity index (χ0) is 21.9. The molecule has 2 aliphatic rings. The zero-order valence-electron chi connectivity index (χ0n) is 19.4. The van der Waals surface area contributed by atoms with Gasteiger partial charge in [-0.1, -0.05) is 69.0 Å². The summed E-state index contributed by atoms with van der Waals surface area (Å²) in [4.78, 5) is 0. The highest BCUT2D eigenvalue weighted by molar-refractivity contribution is 5.22. The first-order chi connectivity index (χ1) is 15.2. The number of aryl methyl sites for hydroxylation is 2. The molecule has 0 N–H and O–H groups in total. The lowest BCUT2D eigenvalue weighted by Gasteiger charge is -2.37. The molecule has 0 bridgehead atoms. The summed E-state index contributed by atoms with van der Waals surface area (Å²) < 4.78 is 12.9. The van der Waals surface area contributed by atoms with Gasteiger partial charge in [-0.05, 0) is 98.7 Å². The van der Waals surface area contributed by atoms with Gasteiger partial charge in [0.2, 0.25) is 0 Å². The second-order valence-corrected chi connectivity index (χ2v) is 9.88. The molecule has 0 unspecified atom stereocenters. The van der Waals surface area contributed by atoms with Gasteiger partial charge >= 0.3 is 0 Å². The summed E-state index contributed by atoms with van der Waals surface area (Å²) >= 11 is 0. The number of benzene rings is 1. The number of hydrogen-bond acceptors (Lipinski definition) is 1. The van der Waals surface area contributed by atoms with Gasteiger partial charge < -0.3 is 0 Å². The Morgan fingerprint density at radius 1 is 0.935 bits per heavy atom. The molecular formula is C29H40FN. The Balaban J connectivity index is 1.28. The lowest BCUT2D eigenvalue weighted by atomic mass is 9.68. The Morgan fingerprint density at radius 2 is 1.55 bits per heavy atom. The van der Waals surface area contributed by atoms with Gasteiger partial charge in [-0.15, -0.1) is 0 Å². The van der Waals surface area contributed by atoms with Crippen LogP contribution in [0, 0.1) is 35.0 Å². The number of halogens is 1. The van der Waals surface area contributed by atoms with E-state index in [4.69, 9.17) is 5.26 Å². The van der Waals surface area contributed by atoms with Crippen molar-refractivity contribution in [3.05, 3.63) is 59.4 Å². The number of unbranched alkanes of at least 4 members (excludes halogenated alkanes) is 1. The van der Waals surface area contributed by atoms with Crippen molar-refractivity contribution >= 4 is 0 Å². The fourth-order valence-electron chi connectivity index (χ4n) is 5.80. The van der Waals surface area contributed by atoms with Crippen LogP contribution in [0.15, 0.2) is 48.3 Å². The number of rotatable bonds is 9. The van der Waals surface area contributed by atoms with Gasteiger partial charge in [0.1, 0.15) is 6.07 Å². The summed E-state index contributed by atoms with van der Waals surface area (Å²) in [6.45, 7) is 2.22. The highest BCUT2D eigenvalue weighted by Gasteiger charge is 2.30. The molecule has 31 heavy (non-hydrogen) atoms. The fraction of sp³-hybridized carbons (Fsp3) is 0.621. The predicted octanol–water partition coefficient (Wildman–Crippen LogP) is 8.51. The van der Waals surface area contributed by atoms with E-state index in [0.717, 1.165) is 24.2 Å². The molecule has 2 saturated carbocycles. The van der Waals surface area contributed by atoms with Gasteiger partial charge in [0.15, 0.2) is 5.83 Å². The maximum atomic E-state index is 12.9. The second kappa shape index (κ2) is 12.8. The van der Waals surface area contributed by atoms with Crippen LogP contribution in [0.4, 0.5) is 4.39 Å². The minimum atomic E-state index is -0.702. The predicted molar refractivity (Wildman–Crippen MR) is 128 cm³/mol. The summed E-state index contributed by atoms with van der Waals surface area (Å²) in [5, 5.41) is 8.47. The molecule has 0 heterocycles. The molecule has 0 aliphatic heterocycles. The molecule has 3 rings (SSSR count). The van der Waals surface area contributed by atoms with E-state index in [2.05, 4.69) is 37.3 Å². The Kier molecular flexibility index (Phi) is 9.85. The molecule has 0 amide bonds. The average molecular weight is 422 g/mol. The van der Waals surface area contributed by atoms with Crippen LogP contribution in [0.3, 0.4) is 0 Å². The summed E-state index contributed by atoms with van der Waals surface area (Å²) in [6.07, 6.45) is 22.5. The van der Waals surface area contributed by atoms with Gasteiger partial charge in [-0.2, -0.15) is 9.65 Å². The maximum Gasteiger partial charge on any atom is 0.199 e. The van der Waals surface area contributed by atoms with Crippen molar-refractivity contribution in [1.29, 1.82) is 5.26 Å². The van der Waals surface area contributed by atoms with Gasteiger partial charge in [-0.3, -0.25) is 0 Å². The van der Waals surface area contributed by atoms with Crippen LogP contribution in [-0.2, 0) is 12.8 Å². The molecule has 2 heteroatoms. The monoisotopic (exact) mass is 421 g/mol. The molecule has 1 nitrogen and oxygen atoms in total. The normalized spacial score (nSPS) is 27.3. The molecule has 0 aromatic heterocycles.